The minimum absolute atomic E-state index is 0.0914. The van der Waals surface area contributed by atoms with Crippen molar-refractivity contribution in [1.29, 1.82) is 0 Å². The summed E-state index contributed by atoms with van der Waals surface area (Å²) < 4.78 is 50.6. The first-order valence-electron chi connectivity index (χ1n) is 9.83. The molecule has 0 bridgehead atoms. The normalized spacial score (nSPS) is 15.5. The average Bonchev–Trinajstić information content (AvgIpc) is 3.03. The molecule has 1 aromatic carbocycles. The van der Waals surface area contributed by atoms with Gasteiger partial charge in [0.15, 0.2) is 5.69 Å². The highest BCUT2D eigenvalue weighted by Crippen LogP contribution is 2.34. The molecule has 164 valence electrons. The maximum absolute atomic E-state index is 13.1. The van der Waals surface area contributed by atoms with Crippen LogP contribution in [-0.2, 0) is 12.8 Å². The molecular formula is C22H21F3N2O4. The van der Waals surface area contributed by atoms with Crippen LogP contribution in [0, 0.1) is 6.92 Å². The van der Waals surface area contributed by atoms with Crippen LogP contribution < -0.4 is 10.1 Å². The Morgan fingerprint density at radius 3 is 2.74 bits per heavy atom. The number of ether oxygens (including phenoxy) is 1. The first-order chi connectivity index (χ1) is 14.7. The zero-order chi connectivity index (χ0) is 22.2. The van der Waals surface area contributed by atoms with Gasteiger partial charge in [-0.3, -0.25) is 9.78 Å². The largest absolute Gasteiger partial charge is 0.489 e. The molecule has 3 aromatic rings. The van der Waals surface area contributed by atoms with E-state index < -0.39 is 17.4 Å². The van der Waals surface area contributed by atoms with Gasteiger partial charge in [-0.1, -0.05) is 6.07 Å². The molecule has 0 unspecified atom stereocenters. The van der Waals surface area contributed by atoms with E-state index in [-0.39, 0.29) is 24.7 Å². The third-order valence-electron chi connectivity index (χ3n) is 5.61. The number of carbonyl (C=O) groups excluding carboxylic acids is 1. The standard InChI is InChI=1S/C22H21F3N2O4/c1-13-18(20(29)27-21(12-28)7-3-8-21)16-10-15(5-6-17(16)31-13)30-11-14-4-2-9-26-19(14)22(23,24)25/h2,4-6,9-10,28H,3,7-8,11-12H2,1H3,(H,27,29). The molecule has 0 radical (unpaired) electrons. The fraction of sp³-hybridized carbons (Fsp3) is 0.364. The molecule has 1 fully saturated rings. The van der Waals surface area contributed by atoms with Crippen LogP contribution >= 0.6 is 0 Å². The highest BCUT2D eigenvalue weighted by Gasteiger charge is 2.39. The van der Waals surface area contributed by atoms with Crippen molar-refractivity contribution < 1.29 is 32.2 Å². The second-order valence-corrected chi connectivity index (χ2v) is 7.73. The number of nitrogens with zero attached hydrogens (tertiary/aromatic N) is 1. The Bertz CT molecular complexity index is 1110. The van der Waals surface area contributed by atoms with Crippen LogP contribution in [0.2, 0.25) is 0 Å². The molecule has 0 atom stereocenters. The molecule has 1 amide bonds. The summed E-state index contributed by atoms with van der Waals surface area (Å²) >= 11 is 0. The number of hydrogen-bond donors (Lipinski definition) is 2. The van der Waals surface area contributed by atoms with Crippen molar-refractivity contribution in [1.82, 2.24) is 10.3 Å². The monoisotopic (exact) mass is 434 g/mol. The number of nitrogens with one attached hydrogen (secondary N) is 1. The van der Waals surface area contributed by atoms with Gasteiger partial charge in [-0.2, -0.15) is 13.2 Å². The van der Waals surface area contributed by atoms with E-state index in [1.807, 2.05) is 0 Å². The molecule has 1 saturated carbocycles. The summed E-state index contributed by atoms with van der Waals surface area (Å²) in [6, 6.07) is 7.46. The van der Waals surface area contributed by atoms with Gasteiger partial charge in [0, 0.05) is 17.1 Å². The molecule has 4 rings (SSSR count). The van der Waals surface area contributed by atoms with E-state index in [1.165, 1.54) is 12.1 Å². The summed E-state index contributed by atoms with van der Waals surface area (Å²) in [5.74, 6) is 0.331. The Morgan fingerprint density at radius 2 is 2.10 bits per heavy atom. The van der Waals surface area contributed by atoms with Crippen LogP contribution in [0.25, 0.3) is 11.0 Å². The fourth-order valence-electron chi connectivity index (χ4n) is 3.77. The summed E-state index contributed by atoms with van der Waals surface area (Å²) in [6.07, 6.45) is -1.17. The molecule has 31 heavy (non-hydrogen) atoms. The Kier molecular flexibility index (Phi) is 5.38. The lowest BCUT2D eigenvalue weighted by Crippen LogP contribution is -2.56. The summed E-state index contributed by atoms with van der Waals surface area (Å²) in [4.78, 5) is 16.3. The van der Waals surface area contributed by atoms with Gasteiger partial charge in [-0.15, -0.1) is 0 Å². The van der Waals surface area contributed by atoms with Gasteiger partial charge in [0.2, 0.25) is 0 Å². The van der Waals surface area contributed by atoms with Gasteiger partial charge >= 0.3 is 6.18 Å². The number of aromatic nitrogens is 1. The number of pyridine rings is 1. The van der Waals surface area contributed by atoms with Crippen molar-refractivity contribution in [3.63, 3.8) is 0 Å². The van der Waals surface area contributed by atoms with E-state index in [0.717, 1.165) is 12.6 Å². The molecule has 9 heteroatoms. The lowest BCUT2D eigenvalue weighted by atomic mass is 9.77. The topological polar surface area (TPSA) is 84.6 Å². The maximum atomic E-state index is 13.1. The van der Waals surface area contributed by atoms with E-state index in [4.69, 9.17) is 9.15 Å². The summed E-state index contributed by atoms with van der Waals surface area (Å²) in [6.45, 7) is 1.18. The molecule has 6 nitrogen and oxygen atoms in total. The number of hydrogen-bond acceptors (Lipinski definition) is 5. The van der Waals surface area contributed by atoms with Gasteiger partial charge < -0.3 is 19.6 Å². The van der Waals surface area contributed by atoms with Crippen molar-refractivity contribution in [2.75, 3.05) is 6.61 Å². The third kappa shape index (κ3) is 4.10. The number of aryl methyl sites for hydroxylation is 1. The zero-order valence-corrected chi connectivity index (χ0v) is 16.8. The predicted octanol–water partition coefficient (Wildman–Crippen LogP) is 4.38. The highest BCUT2D eigenvalue weighted by molar-refractivity contribution is 6.07. The second-order valence-electron chi connectivity index (χ2n) is 7.73. The van der Waals surface area contributed by atoms with Crippen LogP contribution in [0.3, 0.4) is 0 Å². The van der Waals surface area contributed by atoms with Gasteiger partial charge in [0.05, 0.1) is 17.7 Å². The van der Waals surface area contributed by atoms with Crippen molar-refractivity contribution >= 4 is 16.9 Å². The van der Waals surface area contributed by atoms with Crippen LogP contribution in [0.5, 0.6) is 5.75 Å². The minimum Gasteiger partial charge on any atom is -0.489 e. The van der Waals surface area contributed by atoms with Crippen LogP contribution in [0.4, 0.5) is 13.2 Å². The molecule has 0 aliphatic heterocycles. The average molecular weight is 434 g/mol. The number of fused-ring (bicyclic) bond motifs is 1. The maximum Gasteiger partial charge on any atom is 0.433 e. The van der Waals surface area contributed by atoms with Gasteiger partial charge in [-0.05, 0) is 50.5 Å². The Morgan fingerprint density at radius 1 is 1.32 bits per heavy atom. The SMILES string of the molecule is Cc1oc2ccc(OCc3cccnc3C(F)(F)F)cc2c1C(=O)NC1(CO)CCC1. The van der Waals surface area contributed by atoms with Crippen molar-refractivity contribution in [2.45, 2.75) is 44.5 Å². The molecule has 1 aliphatic carbocycles. The van der Waals surface area contributed by atoms with E-state index in [1.54, 1.807) is 25.1 Å². The Balaban J connectivity index is 1.59. The molecule has 0 spiro atoms. The first-order valence-corrected chi connectivity index (χ1v) is 9.83. The van der Waals surface area contributed by atoms with E-state index in [2.05, 4.69) is 10.3 Å². The lowest BCUT2D eigenvalue weighted by molar-refractivity contribution is -0.142. The predicted molar refractivity (Wildman–Crippen MR) is 106 cm³/mol. The lowest BCUT2D eigenvalue weighted by Gasteiger charge is -2.40. The van der Waals surface area contributed by atoms with Crippen molar-refractivity contribution in [2.24, 2.45) is 0 Å². The first kappa shape index (κ1) is 21.2. The van der Waals surface area contributed by atoms with Crippen molar-refractivity contribution in [3.05, 3.63) is 59.1 Å². The molecule has 0 saturated heterocycles. The quantitative estimate of drug-likeness (QED) is 0.602. The van der Waals surface area contributed by atoms with E-state index >= 15 is 0 Å². The number of carbonyl (C=O) groups is 1. The summed E-state index contributed by atoms with van der Waals surface area (Å²) in [7, 11) is 0. The van der Waals surface area contributed by atoms with Crippen LogP contribution in [0.15, 0.2) is 40.9 Å². The third-order valence-corrected chi connectivity index (χ3v) is 5.61. The fourth-order valence-corrected chi connectivity index (χ4v) is 3.77. The molecular weight excluding hydrogens is 413 g/mol. The van der Waals surface area contributed by atoms with E-state index in [9.17, 15) is 23.1 Å². The zero-order valence-electron chi connectivity index (χ0n) is 16.8. The number of aliphatic hydroxyl groups is 1. The molecule has 2 aromatic heterocycles. The molecule has 2 N–H and O–H groups in total. The Labute approximate surface area is 176 Å². The number of furan rings is 1. The smallest absolute Gasteiger partial charge is 0.433 e. The number of amides is 1. The van der Waals surface area contributed by atoms with Crippen LogP contribution in [0.1, 0.15) is 46.6 Å². The molecule has 1 aliphatic rings. The number of halogens is 3. The van der Waals surface area contributed by atoms with E-state index in [0.29, 0.717) is 40.9 Å². The van der Waals surface area contributed by atoms with Gasteiger partial charge in [-0.25, -0.2) is 0 Å². The Hall–Kier alpha value is -3.07. The number of rotatable bonds is 6. The van der Waals surface area contributed by atoms with Gasteiger partial charge in [0.25, 0.3) is 5.91 Å². The summed E-state index contributed by atoms with van der Waals surface area (Å²) in [5, 5.41) is 13.0. The summed E-state index contributed by atoms with van der Waals surface area (Å²) in [5.41, 5.74) is -0.928. The number of aliphatic hydroxyl groups excluding tert-OH is 1. The number of benzene rings is 1. The number of alkyl halides is 3. The molecule has 2 heterocycles. The van der Waals surface area contributed by atoms with Crippen LogP contribution in [-0.4, -0.2) is 28.1 Å². The minimum atomic E-state index is -4.58. The van der Waals surface area contributed by atoms with Crippen molar-refractivity contribution in [3.8, 4) is 5.75 Å². The highest BCUT2D eigenvalue weighted by atomic mass is 19.4. The van der Waals surface area contributed by atoms with Gasteiger partial charge in [0.1, 0.15) is 23.7 Å². The second kappa shape index (κ2) is 7.88.